The SMILES string of the molecule is COc1cc(C)c(-c2ccc([N+](=O)[O-])cc2)c(C(F)(F)Br)c1. The van der Waals surface area contributed by atoms with Crippen molar-refractivity contribution in [3.8, 4) is 16.9 Å². The summed E-state index contributed by atoms with van der Waals surface area (Å²) in [7, 11) is 1.40. The van der Waals surface area contributed by atoms with E-state index in [9.17, 15) is 18.9 Å². The molecule has 0 radical (unpaired) electrons. The van der Waals surface area contributed by atoms with Gasteiger partial charge in [0.15, 0.2) is 0 Å². The molecular formula is C15H12BrF2NO3. The Morgan fingerprint density at radius 2 is 1.82 bits per heavy atom. The van der Waals surface area contributed by atoms with Gasteiger partial charge in [0.1, 0.15) is 5.75 Å². The van der Waals surface area contributed by atoms with E-state index in [1.807, 2.05) is 0 Å². The van der Waals surface area contributed by atoms with Gasteiger partial charge in [-0.15, -0.1) is 0 Å². The molecule has 2 rings (SSSR count). The predicted octanol–water partition coefficient (Wildman–Crippen LogP) is 5.02. The molecule has 0 spiro atoms. The Hall–Kier alpha value is -2.02. The average molecular weight is 372 g/mol. The summed E-state index contributed by atoms with van der Waals surface area (Å²) in [6.07, 6.45) is 0. The van der Waals surface area contributed by atoms with Gasteiger partial charge in [0.2, 0.25) is 0 Å². The van der Waals surface area contributed by atoms with E-state index in [4.69, 9.17) is 4.74 Å². The lowest BCUT2D eigenvalue weighted by Gasteiger charge is -2.18. The third-order valence-electron chi connectivity index (χ3n) is 3.22. The number of rotatable bonds is 4. The molecule has 116 valence electrons. The maximum Gasteiger partial charge on any atom is 0.327 e. The van der Waals surface area contributed by atoms with Crippen molar-refractivity contribution >= 4 is 21.6 Å². The molecule has 0 aliphatic carbocycles. The first-order chi connectivity index (χ1) is 10.2. The second kappa shape index (κ2) is 6.00. The topological polar surface area (TPSA) is 52.4 Å². The molecule has 0 aliphatic heterocycles. The van der Waals surface area contributed by atoms with E-state index < -0.39 is 9.76 Å². The molecule has 0 saturated heterocycles. The third kappa shape index (κ3) is 3.24. The summed E-state index contributed by atoms with van der Waals surface area (Å²) in [5.41, 5.74) is 1.03. The van der Waals surface area contributed by atoms with Gasteiger partial charge in [-0.05, 0) is 63.8 Å². The van der Waals surface area contributed by atoms with E-state index in [-0.39, 0.29) is 11.3 Å². The van der Waals surface area contributed by atoms with E-state index in [2.05, 4.69) is 15.9 Å². The van der Waals surface area contributed by atoms with E-state index in [1.54, 1.807) is 13.0 Å². The number of alkyl halides is 3. The molecule has 0 fully saturated rings. The van der Waals surface area contributed by atoms with Crippen molar-refractivity contribution in [2.24, 2.45) is 0 Å². The fourth-order valence-electron chi connectivity index (χ4n) is 2.23. The normalized spacial score (nSPS) is 11.3. The van der Waals surface area contributed by atoms with Gasteiger partial charge in [-0.3, -0.25) is 10.1 Å². The van der Waals surface area contributed by atoms with Crippen LogP contribution in [-0.2, 0) is 4.83 Å². The molecule has 0 saturated carbocycles. The fraction of sp³-hybridized carbons (Fsp3) is 0.200. The minimum atomic E-state index is -3.25. The fourth-order valence-corrected chi connectivity index (χ4v) is 2.54. The maximum atomic E-state index is 13.9. The molecule has 0 aromatic heterocycles. The molecule has 0 atom stereocenters. The van der Waals surface area contributed by atoms with Crippen LogP contribution in [0.15, 0.2) is 36.4 Å². The summed E-state index contributed by atoms with van der Waals surface area (Å²) < 4.78 is 32.7. The van der Waals surface area contributed by atoms with Crippen molar-refractivity contribution in [2.45, 2.75) is 11.8 Å². The van der Waals surface area contributed by atoms with Crippen LogP contribution in [0.3, 0.4) is 0 Å². The van der Waals surface area contributed by atoms with Gasteiger partial charge in [0, 0.05) is 17.7 Å². The zero-order valence-corrected chi connectivity index (χ0v) is 13.4. The number of hydrogen-bond acceptors (Lipinski definition) is 3. The zero-order valence-electron chi connectivity index (χ0n) is 11.8. The Labute approximate surface area is 134 Å². The van der Waals surface area contributed by atoms with Gasteiger partial charge in [-0.2, -0.15) is 8.78 Å². The number of nitrogens with zero attached hydrogens (tertiary/aromatic N) is 1. The minimum Gasteiger partial charge on any atom is -0.497 e. The van der Waals surface area contributed by atoms with Crippen LogP contribution in [0.5, 0.6) is 5.75 Å². The lowest BCUT2D eigenvalue weighted by molar-refractivity contribution is -0.384. The number of non-ortho nitro benzene ring substituents is 1. The van der Waals surface area contributed by atoms with E-state index in [0.29, 0.717) is 22.4 Å². The van der Waals surface area contributed by atoms with Crippen molar-refractivity contribution in [3.63, 3.8) is 0 Å². The van der Waals surface area contributed by atoms with Crippen LogP contribution in [-0.4, -0.2) is 12.0 Å². The number of aryl methyl sites for hydroxylation is 1. The minimum absolute atomic E-state index is 0.0953. The molecule has 2 aromatic rings. The van der Waals surface area contributed by atoms with Crippen LogP contribution in [0.4, 0.5) is 14.5 Å². The van der Waals surface area contributed by atoms with Crippen LogP contribution in [0.25, 0.3) is 11.1 Å². The highest BCUT2D eigenvalue weighted by Crippen LogP contribution is 2.44. The number of nitro groups is 1. The summed E-state index contributed by atoms with van der Waals surface area (Å²) in [5.74, 6) is 0.317. The average Bonchev–Trinajstić information content (AvgIpc) is 2.45. The van der Waals surface area contributed by atoms with Crippen molar-refractivity contribution in [3.05, 3.63) is 57.6 Å². The number of hydrogen-bond donors (Lipinski definition) is 0. The van der Waals surface area contributed by atoms with Gasteiger partial charge in [0.25, 0.3) is 5.69 Å². The number of benzene rings is 2. The number of nitro benzene ring substituents is 1. The lowest BCUT2D eigenvalue weighted by atomic mass is 9.94. The second-order valence-electron chi connectivity index (χ2n) is 4.67. The summed E-state index contributed by atoms with van der Waals surface area (Å²) >= 11 is 2.37. The second-order valence-corrected chi connectivity index (χ2v) is 5.66. The molecule has 0 heterocycles. The highest BCUT2D eigenvalue weighted by Gasteiger charge is 2.32. The lowest BCUT2D eigenvalue weighted by Crippen LogP contribution is -2.07. The maximum absolute atomic E-state index is 13.9. The first kappa shape index (κ1) is 16.4. The third-order valence-corrected chi connectivity index (χ3v) is 3.64. The predicted molar refractivity (Wildman–Crippen MR) is 82.6 cm³/mol. The van der Waals surface area contributed by atoms with Crippen molar-refractivity contribution in [1.29, 1.82) is 0 Å². The summed E-state index contributed by atoms with van der Waals surface area (Å²) in [6.45, 7) is 1.68. The summed E-state index contributed by atoms with van der Waals surface area (Å²) in [5, 5.41) is 10.7. The quantitative estimate of drug-likeness (QED) is 0.430. The highest BCUT2D eigenvalue weighted by atomic mass is 79.9. The Morgan fingerprint density at radius 3 is 2.27 bits per heavy atom. The van der Waals surface area contributed by atoms with Crippen LogP contribution < -0.4 is 4.74 Å². The molecule has 0 aliphatic rings. The molecule has 0 N–H and O–H groups in total. The molecule has 22 heavy (non-hydrogen) atoms. The van der Waals surface area contributed by atoms with Crippen molar-refractivity contribution in [2.75, 3.05) is 7.11 Å². The van der Waals surface area contributed by atoms with E-state index in [1.165, 1.54) is 37.4 Å². The van der Waals surface area contributed by atoms with Gasteiger partial charge >= 0.3 is 4.83 Å². The molecule has 7 heteroatoms. The molecule has 0 amide bonds. The van der Waals surface area contributed by atoms with E-state index >= 15 is 0 Å². The standard InChI is InChI=1S/C15H12BrF2NO3/c1-9-7-12(22-2)8-13(15(16,17)18)14(9)10-3-5-11(6-4-10)19(20)21/h3-8H,1-2H3. The highest BCUT2D eigenvalue weighted by molar-refractivity contribution is 9.09. The number of methoxy groups -OCH3 is 1. The van der Waals surface area contributed by atoms with Crippen LogP contribution in [0, 0.1) is 17.0 Å². The Morgan fingerprint density at radius 1 is 1.23 bits per heavy atom. The van der Waals surface area contributed by atoms with Crippen LogP contribution >= 0.6 is 15.9 Å². The molecule has 4 nitrogen and oxygen atoms in total. The molecule has 0 bridgehead atoms. The van der Waals surface area contributed by atoms with Crippen molar-refractivity contribution < 1.29 is 18.4 Å². The number of ether oxygens (including phenoxy) is 1. The molecule has 0 unspecified atom stereocenters. The zero-order chi connectivity index (χ0) is 16.5. The Balaban J connectivity index is 2.65. The smallest absolute Gasteiger partial charge is 0.327 e. The Bertz CT molecular complexity index is 712. The Kier molecular flexibility index (Phi) is 4.46. The summed E-state index contributed by atoms with van der Waals surface area (Å²) in [6, 6.07) is 8.37. The van der Waals surface area contributed by atoms with Crippen LogP contribution in [0.2, 0.25) is 0 Å². The molecule has 2 aromatic carbocycles. The monoisotopic (exact) mass is 371 g/mol. The van der Waals surface area contributed by atoms with Gasteiger partial charge in [0.05, 0.1) is 12.0 Å². The number of halogens is 3. The first-order valence-corrected chi connectivity index (χ1v) is 7.04. The van der Waals surface area contributed by atoms with Gasteiger partial charge < -0.3 is 4.74 Å². The van der Waals surface area contributed by atoms with Crippen molar-refractivity contribution in [1.82, 2.24) is 0 Å². The molecular weight excluding hydrogens is 360 g/mol. The largest absolute Gasteiger partial charge is 0.497 e. The van der Waals surface area contributed by atoms with Crippen LogP contribution in [0.1, 0.15) is 11.1 Å². The summed E-state index contributed by atoms with van der Waals surface area (Å²) in [4.78, 5) is 6.90. The van der Waals surface area contributed by atoms with E-state index in [0.717, 1.165) is 0 Å². The van der Waals surface area contributed by atoms with Gasteiger partial charge in [-0.1, -0.05) is 0 Å². The van der Waals surface area contributed by atoms with Gasteiger partial charge in [-0.25, -0.2) is 0 Å². The first-order valence-electron chi connectivity index (χ1n) is 6.24.